The highest BCUT2D eigenvalue weighted by atomic mass is 28.4. The molecule has 0 fully saturated rings. The number of alkyl halides is 3. The van der Waals surface area contributed by atoms with Crippen molar-refractivity contribution in [3.63, 3.8) is 0 Å². The number of rotatable bonds is 6. The van der Waals surface area contributed by atoms with E-state index in [4.69, 9.17) is 0 Å². The van der Waals surface area contributed by atoms with E-state index < -0.39 is 32.5 Å². The number of fused-ring (bicyclic) bond motifs is 5. The molecule has 0 aliphatic heterocycles. The van der Waals surface area contributed by atoms with Crippen LogP contribution in [0.5, 0.6) is 0 Å². The second-order valence-corrected chi connectivity index (χ2v) is 25.7. The summed E-state index contributed by atoms with van der Waals surface area (Å²) in [5, 5.41) is 6.78. The lowest BCUT2D eigenvalue weighted by molar-refractivity contribution is -0.137. The van der Waals surface area contributed by atoms with Gasteiger partial charge in [-0.1, -0.05) is 194 Å². The van der Waals surface area contributed by atoms with Gasteiger partial charge in [0.2, 0.25) is 0 Å². The molecule has 8 aromatic carbocycles. The summed E-state index contributed by atoms with van der Waals surface area (Å²) in [7, 11) is -5.50. The minimum absolute atomic E-state index is 0.345. The van der Waals surface area contributed by atoms with Crippen LogP contribution in [0.15, 0.2) is 176 Å². The van der Waals surface area contributed by atoms with Crippen molar-refractivity contribution < 1.29 is 13.2 Å². The zero-order valence-electron chi connectivity index (χ0n) is 31.4. The van der Waals surface area contributed by atoms with Crippen molar-refractivity contribution in [2.75, 3.05) is 0 Å². The fourth-order valence-corrected chi connectivity index (χ4v) is 23.8. The minimum atomic E-state index is -4.58. The zero-order chi connectivity index (χ0) is 38.2. The highest BCUT2D eigenvalue weighted by Crippen LogP contribution is 2.60. The van der Waals surface area contributed by atoms with Gasteiger partial charge in [0, 0.05) is 4.66 Å². The molecule has 1 aliphatic rings. The van der Waals surface area contributed by atoms with E-state index in [1.54, 1.807) is 0 Å². The third-order valence-corrected chi connectivity index (χ3v) is 24.7. The lowest BCUT2D eigenvalue weighted by atomic mass is 9.89. The second-order valence-electron chi connectivity index (χ2n) is 16.0. The molecule has 0 heterocycles. The van der Waals surface area contributed by atoms with Crippen LogP contribution in [0.25, 0.3) is 54.9 Å². The summed E-state index contributed by atoms with van der Waals surface area (Å²) in [6.07, 6.45) is -4.58. The maximum atomic E-state index is 15.8. The summed E-state index contributed by atoms with van der Waals surface area (Å²) in [5.41, 5.74) is 5.96. The molecular formula is C50H41F3Si2. The molecule has 0 unspecified atom stereocenters. The Hall–Kier alpha value is -5.50. The monoisotopic (exact) mass is 754 g/mol. The van der Waals surface area contributed by atoms with Crippen molar-refractivity contribution in [2.24, 2.45) is 0 Å². The lowest BCUT2D eigenvalue weighted by Crippen LogP contribution is -2.74. The zero-order valence-corrected chi connectivity index (χ0v) is 33.4. The maximum absolute atomic E-state index is 15.8. The van der Waals surface area contributed by atoms with E-state index in [9.17, 15) is 0 Å². The molecule has 0 nitrogen and oxygen atoms in total. The Morgan fingerprint density at radius 1 is 0.418 bits per heavy atom. The smallest absolute Gasteiger partial charge is 0.166 e. The van der Waals surface area contributed by atoms with Crippen LogP contribution in [0.1, 0.15) is 16.7 Å². The van der Waals surface area contributed by atoms with Gasteiger partial charge in [0.05, 0.1) is 21.7 Å². The van der Waals surface area contributed by atoms with E-state index in [2.05, 4.69) is 135 Å². The summed E-state index contributed by atoms with van der Waals surface area (Å²) in [6, 6.07) is 59.9. The van der Waals surface area contributed by atoms with Crippen LogP contribution >= 0.6 is 0 Å². The van der Waals surface area contributed by atoms with Crippen LogP contribution < -0.4 is 10.4 Å². The van der Waals surface area contributed by atoms with Crippen molar-refractivity contribution in [3.05, 3.63) is 193 Å². The van der Waals surface area contributed by atoms with Gasteiger partial charge < -0.3 is 0 Å². The van der Waals surface area contributed by atoms with Crippen molar-refractivity contribution in [1.29, 1.82) is 0 Å². The van der Waals surface area contributed by atoms with Crippen molar-refractivity contribution in [2.45, 2.75) is 37.0 Å². The van der Waals surface area contributed by atoms with Crippen LogP contribution in [0.4, 0.5) is 13.2 Å². The standard InChI is InChI=1S/C50H41F3Si2/c1-54(2,39-21-10-6-11-22-39)49(55(3,4)40-23-12-7-13-24-40)44-27-17-16-26-43(44)48-45(49)32-37(33-46(48)50(51,52)53)35-28-29-42-38(30-35)31-36-20-14-15-25-41(36)47(42)34-18-8-5-9-19-34/h5-33H,1-4H3. The maximum Gasteiger partial charge on any atom is 0.417 e. The first-order valence-electron chi connectivity index (χ1n) is 18.9. The molecule has 270 valence electrons. The molecule has 0 atom stereocenters. The molecule has 5 heteroatoms. The molecule has 0 spiro atoms. The van der Waals surface area contributed by atoms with E-state index >= 15 is 13.2 Å². The fourth-order valence-electron chi connectivity index (χ4n) is 10.2. The van der Waals surface area contributed by atoms with Crippen molar-refractivity contribution in [3.8, 4) is 33.4 Å². The van der Waals surface area contributed by atoms with Gasteiger partial charge >= 0.3 is 6.18 Å². The van der Waals surface area contributed by atoms with E-state index in [0.717, 1.165) is 49.4 Å². The summed E-state index contributed by atoms with van der Waals surface area (Å²) in [5.74, 6) is 0. The molecule has 0 aromatic heterocycles. The van der Waals surface area contributed by atoms with Crippen LogP contribution in [-0.4, -0.2) is 16.1 Å². The molecule has 55 heavy (non-hydrogen) atoms. The van der Waals surface area contributed by atoms with Gasteiger partial charge in [-0.15, -0.1) is 0 Å². The minimum Gasteiger partial charge on any atom is -0.166 e. The first-order chi connectivity index (χ1) is 26.4. The molecule has 0 amide bonds. The predicted octanol–water partition coefficient (Wildman–Crippen LogP) is 12.9. The molecule has 8 aromatic rings. The average molecular weight is 755 g/mol. The normalized spacial score (nSPS) is 13.9. The summed E-state index contributed by atoms with van der Waals surface area (Å²) in [4.78, 5) is 0. The molecule has 0 saturated carbocycles. The average Bonchev–Trinajstić information content (AvgIpc) is 3.52. The van der Waals surface area contributed by atoms with E-state index in [1.807, 2.05) is 60.7 Å². The van der Waals surface area contributed by atoms with Crippen LogP contribution in [0.2, 0.25) is 26.2 Å². The fraction of sp³-hybridized carbons (Fsp3) is 0.120. The summed E-state index contributed by atoms with van der Waals surface area (Å²) >= 11 is 0. The first kappa shape index (κ1) is 35.2. The highest BCUT2D eigenvalue weighted by molar-refractivity contribution is 7.10. The van der Waals surface area contributed by atoms with Crippen molar-refractivity contribution >= 4 is 48.1 Å². The van der Waals surface area contributed by atoms with E-state index in [1.165, 1.54) is 16.4 Å². The Balaban J connectivity index is 1.39. The Morgan fingerprint density at radius 2 is 0.964 bits per heavy atom. The summed E-state index contributed by atoms with van der Waals surface area (Å²) in [6.45, 7) is 9.55. The Bertz CT molecular complexity index is 2680. The molecule has 9 rings (SSSR count). The van der Waals surface area contributed by atoms with Gasteiger partial charge in [0.15, 0.2) is 0 Å². The SMILES string of the molecule is C[Si](C)(c1ccccc1)C1([Si](C)(C)c2ccccc2)c2ccccc2-c2c(C(F)(F)F)cc(-c3ccc4c(-c5ccccc5)c5ccccc5cc4c3)cc21. The van der Waals surface area contributed by atoms with Gasteiger partial charge in [0.25, 0.3) is 0 Å². The number of halogens is 3. The van der Waals surface area contributed by atoms with Gasteiger partial charge in [-0.25, -0.2) is 0 Å². The molecule has 0 N–H and O–H groups in total. The molecule has 0 radical (unpaired) electrons. The van der Waals surface area contributed by atoms with Gasteiger partial charge in [-0.05, 0) is 84.3 Å². The molecule has 0 saturated heterocycles. The quantitative estimate of drug-likeness (QED) is 0.117. The van der Waals surface area contributed by atoms with Crippen LogP contribution in [0, 0.1) is 0 Å². The van der Waals surface area contributed by atoms with E-state index in [-0.39, 0.29) is 0 Å². The third kappa shape index (κ3) is 5.24. The van der Waals surface area contributed by atoms with E-state index in [0.29, 0.717) is 16.7 Å². The first-order valence-corrected chi connectivity index (χ1v) is 24.9. The van der Waals surface area contributed by atoms with Gasteiger partial charge in [0.1, 0.15) is 0 Å². The summed E-state index contributed by atoms with van der Waals surface area (Å²) < 4.78 is 46.8. The Morgan fingerprint density at radius 3 is 1.60 bits per heavy atom. The molecule has 0 bridgehead atoms. The second kappa shape index (κ2) is 12.8. The number of hydrogen-bond acceptors (Lipinski definition) is 0. The lowest BCUT2D eigenvalue weighted by Gasteiger charge is -2.54. The Labute approximate surface area is 323 Å². The number of benzene rings is 8. The molecular weight excluding hydrogens is 714 g/mol. The number of hydrogen-bond donors (Lipinski definition) is 0. The van der Waals surface area contributed by atoms with Crippen molar-refractivity contribution in [1.82, 2.24) is 0 Å². The Kier molecular flexibility index (Phi) is 8.19. The van der Waals surface area contributed by atoms with Crippen LogP contribution in [-0.2, 0) is 10.8 Å². The molecule has 1 aliphatic carbocycles. The van der Waals surface area contributed by atoms with Crippen LogP contribution in [0.3, 0.4) is 0 Å². The third-order valence-electron chi connectivity index (χ3n) is 12.6. The highest BCUT2D eigenvalue weighted by Gasteiger charge is 2.64. The van der Waals surface area contributed by atoms with Gasteiger partial charge in [-0.2, -0.15) is 13.2 Å². The largest absolute Gasteiger partial charge is 0.417 e. The topological polar surface area (TPSA) is 0 Å². The predicted molar refractivity (Wildman–Crippen MR) is 231 cm³/mol. The van der Waals surface area contributed by atoms with Gasteiger partial charge in [-0.3, -0.25) is 0 Å².